The van der Waals surface area contributed by atoms with E-state index >= 15 is 0 Å². The lowest BCUT2D eigenvalue weighted by atomic mass is 9.75. The Bertz CT molecular complexity index is 493. The van der Waals surface area contributed by atoms with Crippen LogP contribution in [0.25, 0.3) is 0 Å². The zero-order valence-electron chi connectivity index (χ0n) is 13.3. The fourth-order valence-corrected chi connectivity index (χ4v) is 2.94. The predicted molar refractivity (Wildman–Crippen MR) is 82.8 cm³/mol. The van der Waals surface area contributed by atoms with Crippen molar-refractivity contribution < 1.29 is 8.78 Å². The molecule has 1 aliphatic rings. The number of hydrogen-bond donors (Lipinski definition) is 1. The van der Waals surface area contributed by atoms with Crippen molar-refractivity contribution in [3.05, 3.63) is 17.7 Å². The van der Waals surface area contributed by atoms with Crippen LogP contribution < -0.4 is 10.2 Å². The van der Waals surface area contributed by atoms with E-state index in [0.29, 0.717) is 12.0 Å². The minimum atomic E-state index is -0.642. The zero-order chi connectivity index (χ0) is 15.6. The van der Waals surface area contributed by atoms with Gasteiger partial charge in [0.15, 0.2) is 23.3 Å². The lowest BCUT2D eigenvalue weighted by molar-refractivity contribution is 0.222. The molecule has 0 spiro atoms. The van der Waals surface area contributed by atoms with E-state index in [4.69, 9.17) is 0 Å². The maximum atomic E-state index is 14.1. The summed E-state index contributed by atoms with van der Waals surface area (Å²) in [5.74, 6) is -0.883. The Morgan fingerprint density at radius 1 is 1.29 bits per heavy atom. The van der Waals surface area contributed by atoms with Crippen molar-refractivity contribution in [3.8, 4) is 0 Å². The number of hydrogen-bond acceptors (Lipinski definition) is 3. The third kappa shape index (κ3) is 3.63. The van der Waals surface area contributed by atoms with Crippen LogP contribution in [0.15, 0.2) is 6.07 Å². The number of anilines is 2. The fraction of sp³-hybridized carbons (Fsp3) is 0.688. The SMILES string of the molecule is CCNc1nc(N(C)C2CCC(C)(C)CC2)c(F)cc1F. The van der Waals surface area contributed by atoms with E-state index < -0.39 is 11.6 Å². The Hall–Kier alpha value is -1.39. The van der Waals surface area contributed by atoms with Crippen LogP contribution in [0.2, 0.25) is 0 Å². The summed E-state index contributed by atoms with van der Waals surface area (Å²) in [6, 6.07) is 1.18. The maximum absolute atomic E-state index is 14.1. The molecule has 1 saturated carbocycles. The molecule has 0 aliphatic heterocycles. The highest BCUT2D eigenvalue weighted by Crippen LogP contribution is 2.38. The van der Waals surface area contributed by atoms with Gasteiger partial charge in [-0.15, -0.1) is 0 Å². The first-order valence-electron chi connectivity index (χ1n) is 7.67. The Morgan fingerprint density at radius 2 is 1.90 bits per heavy atom. The summed E-state index contributed by atoms with van der Waals surface area (Å²) in [4.78, 5) is 6.00. The van der Waals surface area contributed by atoms with Gasteiger partial charge in [0.2, 0.25) is 0 Å². The van der Waals surface area contributed by atoms with Gasteiger partial charge in [-0.1, -0.05) is 13.8 Å². The normalized spacial score (nSPS) is 18.6. The molecule has 0 bridgehead atoms. The maximum Gasteiger partial charge on any atom is 0.168 e. The van der Waals surface area contributed by atoms with E-state index in [-0.39, 0.29) is 17.7 Å². The van der Waals surface area contributed by atoms with Gasteiger partial charge in [-0.05, 0) is 38.0 Å². The molecule has 0 saturated heterocycles. The average molecular weight is 297 g/mol. The second kappa shape index (κ2) is 6.16. The van der Waals surface area contributed by atoms with Crippen LogP contribution in [0.1, 0.15) is 46.5 Å². The standard InChI is InChI=1S/C16H25F2N3/c1-5-19-14-12(17)10-13(18)15(20-14)21(4)11-6-8-16(2,3)9-7-11/h10-11H,5-9H2,1-4H3,(H,19,20). The molecule has 3 nitrogen and oxygen atoms in total. The van der Waals surface area contributed by atoms with Crippen molar-refractivity contribution in [1.82, 2.24) is 4.98 Å². The highest BCUT2D eigenvalue weighted by atomic mass is 19.1. The highest BCUT2D eigenvalue weighted by Gasteiger charge is 2.30. The lowest BCUT2D eigenvalue weighted by Crippen LogP contribution is -2.38. The molecular weight excluding hydrogens is 272 g/mol. The molecule has 21 heavy (non-hydrogen) atoms. The average Bonchev–Trinajstić information content (AvgIpc) is 2.41. The topological polar surface area (TPSA) is 28.2 Å². The Kier molecular flexibility index (Phi) is 4.69. The van der Waals surface area contributed by atoms with Crippen LogP contribution in [-0.4, -0.2) is 24.6 Å². The van der Waals surface area contributed by atoms with Gasteiger partial charge in [-0.2, -0.15) is 0 Å². The van der Waals surface area contributed by atoms with Crippen LogP contribution in [0, 0.1) is 17.0 Å². The van der Waals surface area contributed by atoms with E-state index in [1.54, 1.807) is 0 Å². The first-order valence-corrected chi connectivity index (χ1v) is 7.67. The second-order valence-electron chi connectivity index (χ2n) is 6.66. The first-order chi connectivity index (χ1) is 9.84. The van der Waals surface area contributed by atoms with Gasteiger partial charge in [0.05, 0.1) is 0 Å². The van der Waals surface area contributed by atoms with Crippen molar-refractivity contribution in [1.29, 1.82) is 0 Å². The Morgan fingerprint density at radius 3 is 2.48 bits per heavy atom. The summed E-state index contributed by atoms with van der Waals surface area (Å²) in [5, 5.41) is 2.83. The molecule has 1 aromatic rings. The summed E-state index contributed by atoms with van der Waals surface area (Å²) in [6.45, 7) is 6.94. The van der Waals surface area contributed by atoms with E-state index in [1.165, 1.54) is 0 Å². The zero-order valence-corrected chi connectivity index (χ0v) is 13.3. The quantitative estimate of drug-likeness (QED) is 0.903. The third-order valence-corrected chi connectivity index (χ3v) is 4.45. The van der Waals surface area contributed by atoms with Gasteiger partial charge in [0, 0.05) is 25.7 Å². The predicted octanol–water partition coefficient (Wildman–Crippen LogP) is 4.20. The summed E-state index contributed by atoms with van der Waals surface area (Å²) in [7, 11) is 1.85. The molecule has 1 aromatic heterocycles. The number of nitrogens with zero attached hydrogens (tertiary/aromatic N) is 2. The molecule has 5 heteroatoms. The third-order valence-electron chi connectivity index (χ3n) is 4.45. The summed E-state index contributed by atoms with van der Waals surface area (Å²) in [5.41, 5.74) is 0.362. The van der Waals surface area contributed by atoms with Crippen molar-refractivity contribution in [2.45, 2.75) is 52.5 Å². The second-order valence-corrected chi connectivity index (χ2v) is 6.66. The molecular formula is C16H25F2N3. The van der Waals surface area contributed by atoms with Gasteiger partial charge < -0.3 is 10.2 Å². The molecule has 1 fully saturated rings. The fourth-order valence-electron chi connectivity index (χ4n) is 2.94. The minimum Gasteiger partial charge on any atom is -0.368 e. The number of rotatable bonds is 4. The molecule has 0 unspecified atom stereocenters. The molecule has 1 heterocycles. The van der Waals surface area contributed by atoms with Gasteiger partial charge >= 0.3 is 0 Å². The van der Waals surface area contributed by atoms with Gasteiger partial charge in [0.1, 0.15) is 0 Å². The van der Waals surface area contributed by atoms with Gasteiger partial charge in [0.25, 0.3) is 0 Å². The van der Waals surface area contributed by atoms with Crippen LogP contribution in [0.5, 0.6) is 0 Å². The number of halogens is 2. The molecule has 0 radical (unpaired) electrons. The molecule has 2 rings (SSSR count). The summed E-state index contributed by atoms with van der Waals surface area (Å²) >= 11 is 0. The van der Waals surface area contributed by atoms with Gasteiger partial charge in [-0.3, -0.25) is 0 Å². The summed E-state index contributed by atoms with van der Waals surface area (Å²) in [6.07, 6.45) is 4.26. The van der Waals surface area contributed by atoms with Crippen molar-refractivity contribution >= 4 is 11.6 Å². The monoisotopic (exact) mass is 297 g/mol. The molecule has 0 aromatic carbocycles. The number of pyridine rings is 1. The van der Waals surface area contributed by atoms with Gasteiger partial charge in [-0.25, -0.2) is 13.8 Å². The van der Waals surface area contributed by atoms with Crippen molar-refractivity contribution in [2.24, 2.45) is 5.41 Å². The smallest absolute Gasteiger partial charge is 0.168 e. The van der Waals surface area contributed by atoms with Crippen LogP contribution in [0.3, 0.4) is 0 Å². The largest absolute Gasteiger partial charge is 0.368 e. The number of nitrogens with one attached hydrogen (secondary N) is 1. The van der Waals surface area contributed by atoms with E-state index in [1.807, 2.05) is 18.9 Å². The minimum absolute atomic E-state index is 0.122. The Balaban J connectivity index is 2.19. The lowest BCUT2D eigenvalue weighted by Gasteiger charge is -2.39. The van der Waals surface area contributed by atoms with E-state index in [2.05, 4.69) is 24.1 Å². The molecule has 0 atom stereocenters. The Labute approximate surface area is 125 Å². The molecule has 0 amide bonds. The number of aromatic nitrogens is 1. The van der Waals surface area contributed by atoms with Crippen LogP contribution in [-0.2, 0) is 0 Å². The summed E-state index contributed by atoms with van der Waals surface area (Å²) < 4.78 is 27.7. The van der Waals surface area contributed by atoms with Crippen molar-refractivity contribution in [3.63, 3.8) is 0 Å². The first kappa shape index (κ1) is 16.0. The van der Waals surface area contributed by atoms with E-state index in [9.17, 15) is 8.78 Å². The highest BCUT2D eigenvalue weighted by molar-refractivity contribution is 5.49. The molecule has 1 aliphatic carbocycles. The van der Waals surface area contributed by atoms with Crippen LogP contribution in [0.4, 0.5) is 20.4 Å². The van der Waals surface area contributed by atoms with Crippen molar-refractivity contribution in [2.75, 3.05) is 23.8 Å². The van der Waals surface area contributed by atoms with Crippen LogP contribution >= 0.6 is 0 Å². The van der Waals surface area contributed by atoms with E-state index in [0.717, 1.165) is 31.7 Å². The molecule has 118 valence electrons. The molecule has 1 N–H and O–H groups in total.